The van der Waals surface area contributed by atoms with Gasteiger partial charge >= 0.3 is 0 Å². The topological polar surface area (TPSA) is 16.1 Å². The second-order valence-electron chi connectivity index (χ2n) is 5.66. The van der Waals surface area contributed by atoms with Crippen molar-refractivity contribution in [3.63, 3.8) is 0 Å². The van der Waals surface area contributed by atoms with Crippen LogP contribution in [0.5, 0.6) is 0 Å². The maximum Gasteiger partial charge on any atom is 0.0397 e. The molecule has 0 saturated carbocycles. The van der Waals surface area contributed by atoms with Crippen molar-refractivity contribution in [2.75, 3.05) is 18.0 Å². The van der Waals surface area contributed by atoms with E-state index in [4.69, 9.17) is 0 Å². The maximum absolute atomic E-state index is 4.14. The Balaban J connectivity index is 1.66. The summed E-state index contributed by atoms with van der Waals surface area (Å²) in [5.41, 5.74) is 4.00. The molecule has 23 heavy (non-hydrogen) atoms. The van der Waals surface area contributed by atoms with Crippen LogP contribution in [-0.4, -0.2) is 18.1 Å². The van der Waals surface area contributed by atoms with Crippen LogP contribution in [0, 0.1) is 0 Å². The highest BCUT2D eigenvalue weighted by Crippen LogP contribution is 2.14. The summed E-state index contributed by atoms with van der Waals surface area (Å²) in [4.78, 5) is 6.58. The zero-order valence-electron chi connectivity index (χ0n) is 13.3. The van der Waals surface area contributed by atoms with Crippen LogP contribution in [0.4, 0.5) is 5.69 Å². The predicted molar refractivity (Wildman–Crippen MR) is 96.7 cm³/mol. The molecule has 3 rings (SSSR count). The molecule has 2 heteroatoms. The molecule has 1 heterocycles. The fourth-order valence-electron chi connectivity index (χ4n) is 2.74. The van der Waals surface area contributed by atoms with Crippen LogP contribution in [0.25, 0.3) is 0 Å². The number of benzene rings is 2. The summed E-state index contributed by atoms with van der Waals surface area (Å²) in [5.74, 6) is 0. The third kappa shape index (κ3) is 4.68. The minimum Gasteiger partial charge on any atom is -0.371 e. The number of hydrogen-bond donors (Lipinski definition) is 0. The number of anilines is 1. The fraction of sp³-hybridized carbons (Fsp3) is 0.190. The van der Waals surface area contributed by atoms with E-state index in [0.717, 1.165) is 25.9 Å². The standard InChI is InChI=1S/C21H22N2/c1-3-7-19(8-4-1)13-17-23(21-11-15-22-16-12-21)18-14-20-9-5-2-6-10-20/h1-12,15-16H,13-14,17-18H2. The molecule has 0 fully saturated rings. The molecular weight excluding hydrogens is 280 g/mol. The van der Waals surface area contributed by atoms with E-state index >= 15 is 0 Å². The molecule has 0 spiro atoms. The smallest absolute Gasteiger partial charge is 0.0397 e. The fourth-order valence-corrected chi connectivity index (χ4v) is 2.74. The Labute approximate surface area is 138 Å². The van der Waals surface area contributed by atoms with Crippen molar-refractivity contribution >= 4 is 5.69 Å². The van der Waals surface area contributed by atoms with Gasteiger partial charge in [-0.05, 0) is 36.1 Å². The Hall–Kier alpha value is -2.61. The first-order valence-corrected chi connectivity index (χ1v) is 8.14. The number of pyridine rings is 1. The normalized spacial score (nSPS) is 10.4. The second kappa shape index (κ2) is 8.14. The molecule has 0 amide bonds. The molecule has 2 aromatic carbocycles. The first kappa shape index (κ1) is 15.3. The average Bonchev–Trinajstić information content (AvgIpc) is 2.64. The molecule has 116 valence electrons. The average molecular weight is 302 g/mol. The number of hydrogen-bond acceptors (Lipinski definition) is 2. The predicted octanol–water partition coefficient (Wildman–Crippen LogP) is 4.37. The van der Waals surface area contributed by atoms with Gasteiger partial charge < -0.3 is 4.90 Å². The van der Waals surface area contributed by atoms with Crippen LogP contribution in [0.3, 0.4) is 0 Å². The summed E-state index contributed by atoms with van der Waals surface area (Å²) >= 11 is 0. The molecule has 3 aromatic rings. The van der Waals surface area contributed by atoms with Crippen molar-refractivity contribution < 1.29 is 0 Å². The molecule has 0 aliphatic carbocycles. The van der Waals surface area contributed by atoms with E-state index in [1.165, 1.54) is 16.8 Å². The van der Waals surface area contributed by atoms with Crippen molar-refractivity contribution in [2.24, 2.45) is 0 Å². The lowest BCUT2D eigenvalue weighted by Crippen LogP contribution is -2.28. The highest BCUT2D eigenvalue weighted by molar-refractivity contribution is 5.45. The van der Waals surface area contributed by atoms with Gasteiger partial charge in [0.15, 0.2) is 0 Å². The SMILES string of the molecule is c1ccc(CCN(CCc2ccccc2)c2ccncc2)cc1. The van der Waals surface area contributed by atoms with Crippen LogP contribution in [0.15, 0.2) is 85.2 Å². The van der Waals surface area contributed by atoms with Gasteiger partial charge in [0.1, 0.15) is 0 Å². The third-order valence-corrected chi connectivity index (χ3v) is 4.05. The van der Waals surface area contributed by atoms with E-state index in [2.05, 4.69) is 82.7 Å². The minimum absolute atomic E-state index is 1.01. The molecule has 0 aliphatic rings. The molecule has 0 bridgehead atoms. The highest BCUT2D eigenvalue weighted by atomic mass is 15.1. The summed E-state index contributed by atoms with van der Waals surface area (Å²) in [7, 11) is 0. The van der Waals surface area contributed by atoms with E-state index in [0.29, 0.717) is 0 Å². The van der Waals surface area contributed by atoms with Gasteiger partial charge in [-0.15, -0.1) is 0 Å². The first-order chi connectivity index (χ1) is 11.4. The number of aromatic nitrogens is 1. The lowest BCUT2D eigenvalue weighted by molar-refractivity contribution is 0.768. The maximum atomic E-state index is 4.14. The van der Waals surface area contributed by atoms with Crippen molar-refractivity contribution in [1.29, 1.82) is 0 Å². The number of nitrogens with zero attached hydrogens (tertiary/aromatic N) is 2. The zero-order chi connectivity index (χ0) is 15.7. The van der Waals surface area contributed by atoms with Gasteiger partial charge in [-0.2, -0.15) is 0 Å². The van der Waals surface area contributed by atoms with Gasteiger partial charge in [0.25, 0.3) is 0 Å². The van der Waals surface area contributed by atoms with Crippen molar-refractivity contribution in [3.05, 3.63) is 96.3 Å². The first-order valence-electron chi connectivity index (χ1n) is 8.14. The number of rotatable bonds is 7. The van der Waals surface area contributed by atoms with Gasteiger partial charge in [-0.1, -0.05) is 60.7 Å². The largest absolute Gasteiger partial charge is 0.371 e. The Morgan fingerprint density at radius 1 is 0.609 bits per heavy atom. The Kier molecular flexibility index (Phi) is 5.41. The van der Waals surface area contributed by atoms with Crippen molar-refractivity contribution in [1.82, 2.24) is 4.98 Å². The zero-order valence-corrected chi connectivity index (χ0v) is 13.3. The van der Waals surface area contributed by atoms with E-state index in [-0.39, 0.29) is 0 Å². The molecule has 0 radical (unpaired) electrons. The monoisotopic (exact) mass is 302 g/mol. The lowest BCUT2D eigenvalue weighted by atomic mass is 10.1. The van der Waals surface area contributed by atoms with E-state index in [1.54, 1.807) is 0 Å². The molecule has 0 aliphatic heterocycles. The second-order valence-corrected chi connectivity index (χ2v) is 5.66. The Bertz CT molecular complexity index is 637. The Morgan fingerprint density at radius 3 is 1.57 bits per heavy atom. The Morgan fingerprint density at radius 2 is 1.09 bits per heavy atom. The van der Waals surface area contributed by atoms with Crippen molar-refractivity contribution in [2.45, 2.75) is 12.8 Å². The van der Waals surface area contributed by atoms with Crippen molar-refractivity contribution in [3.8, 4) is 0 Å². The quantitative estimate of drug-likeness (QED) is 0.644. The molecular formula is C21H22N2. The van der Waals surface area contributed by atoms with Gasteiger partial charge in [-0.3, -0.25) is 4.98 Å². The summed E-state index contributed by atoms with van der Waals surface area (Å²) < 4.78 is 0. The molecule has 2 nitrogen and oxygen atoms in total. The van der Waals surface area contributed by atoms with Crippen LogP contribution < -0.4 is 4.90 Å². The molecule has 0 atom stereocenters. The van der Waals surface area contributed by atoms with E-state index < -0.39 is 0 Å². The molecule has 1 aromatic heterocycles. The van der Waals surface area contributed by atoms with Gasteiger partial charge in [0.05, 0.1) is 0 Å². The van der Waals surface area contributed by atoms with Crippen LogP contribution in [-0.2, 0) is 12.8 Å². The molecule has 0 saturated heterocycles. The van der Waals surface area contributed by atoms with E-state index in [1.807, 2.05) is 12.4 Å². The summed E-state index contributed by atoms with van der Waals surface area (Å²) in [6, 6.07) is 25.5. The summed E-state index contributed by atoms with van der Waals surface area (Å²) in [5, 5.41) is 0. The minimum atomic E-state index is 1.01. The third-order valence-electron chi connectivity index (χ3n) is 4.05. The highest BCUT2D eigenvalue weighted by Gasteiger charge is 2.07. The summed E-state index contributed by atoms with van der Waals surface area (Å²) in [6.07, 6.45) is 5.84. The lowest BCUT2D eigenvalue weighted by Gasteiger charge is -2.25. The van der Waals surface area contributed by atoms with Gasteiger partial charge in [0, 0.05) is 31.2 Å². The van der Waals surface area contributed by atoms with Gasteiger partial charge in [-0.25, -0.2) is 0 Å². The van der Waals surface area contributed by atoms with Gasteiger partial charge in [0.2, 0.25) is 0 Å². The van der Waals surface area contributed by atoms with Crippen LogP contribution >= 0.6 is 0 Å². The van der Waals surface area contributed by atoms with Crippen LogP contribution in [0.2, 0.25) is 0 Å². The molecule has 0 N–H and O–H groups in total. The van der Waals surface area contributed by atoms with E-state index in [9.17, 15) is 0 Å². The molecule has 0 unspecified atom stereocenters. The summed E-state index contributed by atoms with van der Waals surface area (Å²) in [6.45, 7) is 2.03. The van der Waals surface area contributed by atoms with Crippen LogP contribution in [0.1, 0.15) is 11.1 Å².